The number of hydrogen-bond acceptors (Lipinski definition) is 4. The highest BCUT2D eigenvalue weighted by atomic mass is 16.5. The molecule has 1 heterocycles. The second kappa shape index (κ2) is 9.63. The summed E-state index contributed by atoms with van der Waals surface area (Å²) in [6.45, 7) is 0.477. The Bertz CT molecular complexity index is 1180. The normalized spacial score (nSPS) is 10.6. The van der Waals surface area contributed by atoms with E-state index in [1.54, 1.807) is 12.1 Å². The Morgan fingerprint density at radius 2 is 1.58 bits per heavy atom. The molecule has 3 aromatic carbocycles. The molecule has 0 aliphatic rings. The molecule has 0 radical (unpaired) electrons. The lowest BCUT2D eigenvalue weighted by Crippen LogP contribution is -2.36. The fourth-order valence-corrected chi connectivity index (χ4v) is 3.10. The summed E-state index contributed by atoms with van der Waals surface area (Å²) in [6, 6.07) is 26.7. The highest BCUT2D eigenvalue weighted by molar-refractivity contribution is 5.94. The van der Waals surface area contributed by atoms with Gasteiger partial charge in [-0.2, -0.15) is 0 Å². The van der Waals surface area contributed by atoms with Crippen LogP contribution in [-0.2, 0) is 17.9 Å². The van der Waals surface area contributed by atoms with Gasteiger partial charge in [0.25, 0.3) is 5.91 Å². The highest BCUT2D eigenvalue weighted by Gasteiger charge is 2.13. The number of nitrogens with one attached hydrogen (secondary N) is 2. The molecule has 0 atom stereocenters. The summed E-state index contributed by atoms with van der Waals surface area (Å²) < 4.78 is 11.3. The second-order valence-corrected chi connectivity index (χ2v) is 7.01. The largest absolute Gasteiger partial charge is 0.486 e. The third-order valence-corrected chi connectivity index (χ3v) is 4.73. The zero-order valence-corrected chi connectivity index (χ0v) is 16.8. The van der Waals surface area contributed by atoms with Crippen molar-refractivity contribution in [2.24, 2.45) is 0 Å². The van der Waals surface area contributed by atoms with Gasteiger partial charge in [-0.3, -0.25) is 9.59 Å². The molecule has 1 aromatic heterocycles. The van der Waals surface area contributed by atoms with E-state index in [4.69, 9.17) is 9.15 Å². The van der Waals surface area contributed by atoms with E-state index in [0.717, 1.165) is 22.1 Å². The summed E-state index contributed by atoms with van der Waals surface area (Å²) in [5.41, 5.74) is 0.990. The number of hydrogen-bond donors (Lipinski definition) is 2. The van der Waals surface area contributed by atoms with Crippen LogP contribution in [0.1, 0.15) is 21.9 Å². The topological polar surface area (TPSA) is 80.6 Å². The molecule has 0 spiro atoms. The standard InChI is InChI=1S/C25H22N2O4/c28-24(26-15-18-6-2-1-3-7-18)16-27-25(29)23-13-12-22(31-23)17-30-21-11-10-19-8-4-5-9-20(19)14-21/h1-14H,15-17H2,(H,26,28)(H,27,29). The molecule has 0 fully saturated rings. The van der Waals surface area contributed by atoms with Crippen LogP contribution in [0.5, 0.6) is 5.75 Å². The van der Waals surface area contributed by atoms with Crippen LogP contribution in [0, 0.1) is 0 Å². The van der Waals surface area contributed by atoms with E-state index in [1.165, 1.54) is 0 Å². The molecule has 6 nitrogen and oxygen atoms in total. The van der Waals surface area contributed by atoms with Gasteiger partial charge < -0.3 is 19.8 Å². The Kier molecular flexibility index (Phi) is 6.28. The first kappa shape index (κ1) is 20.2. The van der Waals surface area contributed by atoms with Crippen molar-refractivity contribution in [1.29, 1.82) is 0 Å². The summed E-state index contributed by atoms with van der Waals surface area (Å²) in [5.74, 6) is 0.645. The maximum absolute atomic E-state index is 12.2. The smallest absolute Gasteiger partial charge is 0.287 e. The quantitative estimate of drug-likeness (QED) is 0.456. The molecule has 0 aliphatic heterocycles. The number of carbonyl (C=O) groups excluding carboxylic acids is 2. The van der Waals surface area contributed by atoms with Crippen LogP contribution in [0.2, 0.25) is 0 Å². The first-order chi connectivity index (χ1) is 15.2. The van der Waals surface area contributed by atoms with Gasteiger partial charge in [-0.05, 0) is 40.6 Å². The van der Waals surface area contributed by atoms with Crippen LogP contribution >= 0.6 is 0 Å². The van der Waals surface area contributed by atoms with E-state index in [-0.39, 0.29) is 24.8 Å². The van der Waals surface area contributed by atoms with E-state index in [2.05, 4.69) is 10.6 Å². The second-order valence-electron chi connectivity index (χ2n) is 7.01. The zero-order valence-electron chi connectivity index (χ0n) is 16.8. The lowest BCUT2D eigenvalue weighted by atomic mass is 10.1. The van der Waals surface area contributed by atoms with E-state index in [0.29, 0.717) is 12.3 Å². The lowest BCUT2D eigenvalue weighted by molar-refractivity contribution is -0.120. The molecular weight excluding hydrogens is 392 g/mol. The Morgan fingerprint density at radius 3 is 2.42 bits per heavy atom. The number of amides is 2. The van der Waals surface area contributed by atoms with Crippen molar-refractivity contribution in [2.45, 2.75) is 13.2 Å². The summed E-state index contributed by atoms with van der Waals surface area (Å²) in [4.78, 5) is 24.2. The fraction of sp³-hybridized carbons (Fsp3) is 0.120. The van der Waals surface area contributed by atoms with Crippen molar-refractivity contribution in [3.63, 3.8) is 0 Å². The molecule has 6 heteroatoms. The molecule has 0 unspecified atom stereocenters. The molecule has 31 heavy (non-hydrogen) atoms. The number of rotatable bonds is 8. The number of carbonyl (C=O) groups is 2. The summed E-state index contributed by atoms with van der Waals surface area (Å²) in [7, 11) is 0. The van der Waals surface area contributed by atoms with Gasteiger partial charge in [-0.15, -0.1) is 0 Å². The maximum Gasteiger partial charge on any atom is 0.287 e. The number of benzene rings is 3. The van der Waals surface area contributed by atoms with Crippen LogP contribution in [0.15, 0.2) is 89.3 Å². The van der Waals surface area contributed by atoms with Gasteiger partial charge in [-0.25, -0.2) is 0 Å². The molecule has 4 aromatic rings. The van der Waals surface area contributed by atoms with Crippen LogP contribution in [0.25, 0.3) is 10.8 Å². The summed E-state index contributed by atoms with van der Waals surface area (Å²) in [5, 5.41) is 7.54. The SMILES string of the molecule is O=C(CNC(=O)c1ccc(COc2ccc3ccccc3c2)o1)NCc1ccccc1. The average molecular weight is 414 g/mol. The number of fused-ring (bicyclic) bond motifs is 1. The van der Waals surface area contributed by atoms with E-state index in [9.17, 15) is 9.59 Å². The molecule has 2 amide bonds. The van der Waals surface area contributed by atoms with Crippen LogP contribution in [-0.4, -0.2) is 18.4 Å². The van der Waals surface area contributed by atoms with E-state index >= 15 is 0 Å². The minimum atomic E-state index is -0.452. The van der Waals surface area contributed by atoms with Crippen LogP contribution in [0.4, 0.5) is 0 Å². The summed E-state index contributed by atoms with van der Waals surface area (Å²) in [6.07, 6.45) is 0. The van der Waals surface area contributed by atoms with Crippen molar-refractivity contribution in [2.75, 3.05) is 6.54 Å². The van der Waals surface area contributed by atoms with Gasteiger partial charge in [0, 0.05) is 6.54 Å². The third kappa shape index (κ3) is 5.51. The van der Waals surface area contributed by atoms with Gasteiger partial charge in [0.1, 0.15) is 18.1 Å². The Hall–Kier alpha value is -4.06. The van der Waals surface area contributed by atoms with Crippen molar-refractivity contribution >= 4 is 22.6 Å². The Morgan fingerprint density at radius 1 is 0.806 bits per heavy atom. The maximum atomic E-state index is 12.2. The van der Waals surface area contributed by atoms with Gasteiger partial charge in [0.2, 0.25) is 5.91 Å². The first-order valence-corrected chi connectivity index (χ1v) is 9.96. The number of ether oxygens (including phenoxy) is 1. The Labute approximate surface area is 179 Å². The van der Waals surface area contributed by atoms with Crippen molar-refractivity contribution < 1.29 is 18.7 Å². The zero-order chi connectivity index (χ0) is 21.5. The van der Waals surface area contributed by atoms with E-state index < -0.39 is 5.91 Å². The fourth-order valence-electron chi connectivity index (χ4n) is 3.10. The predicted molar refractivity (Wildman–Crippen MR) is 118 cm³/mol. The monoisotopic (exact) mass is 414 g/mol. The minimum absolute atomic E-state index is 0.130. The molecule has 0 bridgehead atoms. The van der Waals surface area contributed by atoms with Crippen molar-refractivity contribution in [3.8, 4) is 5.75 Å². The van der Waals surface area contributed by atoms with Crippen LogP contribution in [0.3, 0.4) is 0 Å². The molecule has 0 saturated carbocycles. The summed E-state index contributed by atoms with van der Waals surface area (Å²) >= 11 is 0. The van der Waals surface area contributed by atoms with Crippen LogP contribution < -0.4 is 15.4 Å². The van der Waals surface area contributed by atoms with E-state index in [1.807, 2.05) is 72.8 Å². The minimum Gasteiger partial charge on any atom is -0.486 e. The van der Waals surface area contributed by atoms with Gasteiger partial charge in [0.05, 0.1) is 6.54 Å². The molecule has 0 aliphatic carbocycles. The lowest BCUT2D eigenvalue weighted by Gasteiger charge is -2.07. The molecule has 4 rings (SSSR count). The Balaban J connectivity index is 1.24. The molecule has 2 N–H and O–H groups in total. The van der Waals surface area contributed by atoms with Gasteiger partial charge in [-0.1, -0.05) is 60.7 Å². The number of furan rings is 1. The average Bonchev–Trinajstić information content (AvgIpc) is 3.29. The molecule has 0 saturated heterocycles. The highest BCUT2D eigenvalue weighted by Crippen LogP contribution is 2.21. The van der Waals surface area contributed by atoms with Gasteiger partial charge >= 0.3 is 0 Å². The van der Waals surface area contributed by atoms with Crippen molar-refractivity contribution in [3.05, 3.63) is 102 Å². The van der Waals surface area contributed by atoms with Crippen molar-refractivity contribution in [1.82, 2.24) is 10.6 Å². The first-order valence-electron chi connectivity index (χ1n) is 9.96. The molecule has 156 valence electrons. The third-order valence-electron chi connectivity index (χ3n) is 4.73. The predicted octanol–water partition coefficient (Wildman–Crippen LogP) is 4.06. The molecular formula is C25H22N2O4. The van der Waals surface area contributed by atoms with Gasteiger partial charge in [0.15, 0.2) is 5.76 Å².